The summed E-state index contributed by atoms with van der Waals surface area (Å²) in [4.78, 5) is 21.5. The van der Waals surface area contributed by atoms with Gasteiger partial charge in [-0.3, -0.25) is 15.1 Å². The smallest absolute Gasteiger partial charge is 0.416 e. The minimum Gasteiger partial charge on any atom is -0.462 e. The molecule has 0 saturated heterocycles. The van der Waals surface area contributed by atoms with Crippen LogP contribution >= 0.6 is 0 Å². The Morgan fingerprint density at radius 3 is 2.64 bits per heavy atom. The highest BCUT2D eigenvalue weighted by molar-refractivity contribution is 5.92. The molecule has 1 aromatic carbocycles. The Morgan fingerprint density at radius 2 is 2.16 bits per heavy atom. The summed E-state index contributed by atoms with van der Waals surface area (Å²) in [5.41, 5.74) is -0.176. The zero-order valence-corrected chi connectivity index (χ0v) is 13.1. The summed E-state index contributed by atoms with van der Waals surface area (Å²) in [6.07, 6.45) is -3.80. The van der Waals surface area contributed by atoms with Gasteiger partial charge in [0, 0.05) is 19.3 Å². The van der Waals surface area contributed by atoms with E-state index in [1.54, 1.807) is 6.07 Å². The van der Waals surface area contributed by atoms with E-state index >= 15 is 0 Å². The molecule has 0 radical (unpaired) electrons. The van der Waals surface area contributed by atoms with Crippen molar-refractivity contribution in [3.63, 3.8) is 0 Å². The van der Waals surface area contributed by atoms with Gasteiger partial charge in [-0.15, -0.1) is 0 Å². The maximum absolute atomic E-state index is 12.7. The molecule has 1 aromatic rings. The quantitative estimate of drug-likeness (QED) is 0.274. The lowest BCUT2D eigenvalue weighted by Crippen LogP contribution is -2.31. The van der Waals surface area contributed by atoms with Crippen molar-refractivity contribution in [1.82, 2.24) is 5.43 Å². The van der Waals surface area contributed by atoms with Gasteiger partial charge in [0.2, 0.25) is 0 Å². The molecule has 0 bridgehead atoms. The second-order valence-electron chi connectivity index (χ2n) is 4.54. The van der Waals surface area contributed by atoms with Crippen molar-refractivity contribution in [3.05, 3.63) is 45.6 Å². The van der Waals surface area contributed by atoms with Gasteiger partial charge in [0.15, 0.2) is 5.57 Å². The lowest BCUT2D eigenvalue weighted by molar-refractivity contribution is -0.384. The van der Waals surface area contributed by atoms with E-state index in [1.165, 1.54) is 14.0 Å². The monoisotopic (exact) mass is 358 g/mol. The molecule has 0 heterocycles. The number of hydrogen-bond acceptors (Lipinski definition) is 7. The van der Waals surface area contributed by atoms with Crippen molar-refractivity contribution in [3.8, 4) is 6.07 Å². The van der Waals surface area contributed by atoms with Crippen LogP contribution in [0.1, 0.15) is 12.5 Å². The van der Waals surface area contributed by atoms with Gasteiger partial charge in [0.05, 0.1) is 17.1 Å². The van der Waals surface area contributed by atoms with E-state index in [2.05, 4.69) is 10.2 Å². The maximum atomic E-state index is 12.7. The molecule has 0 atom stereocenters. The predicted molar refractivity (Wildman–Crippen MR) is 80.0 cm³/mol. The van der Waals surface area contributed by atoms with Crippen LogP contribution in [-0.2, 0) is 15.7 Å². The van der Waals surface area contributed by atoms with Gasteiger partial charge in [-0.05, 0) is 19.1 Å². The van der Waals surface area contributed by atoms with Crippen LogP contribution < -0.4 is 10.4 Å². The number of nitrogens with one attached hydrogen (secondary N) is 1. The van der Waals surface area contributed by atoms with Gasteiger partial charge in [-0.1, -0.05) is 0 Å². The van der Waals surface area contributed by atoms with Gasteiger partial charge >= 0.3 is 12.1 Å². The number of esters is 1. The maximum Gasteiger partial charge on any atom is 0.416 e. The summed E-state index contributed by atoms with van der Waals surface area (Å²) < 4.78 is 42.7. The van der Waals surface area contributed by atoms with Crippen LogP contribution in [0, 0.1) is 21.4 Å². The van der Waals surface area contributed by atoms with Crippen molar-refractivity contribution in [2.24, 2.45) is 0 Å². The summed E-state index contributed by atoms with van der Waals surface area (Å²) in [5, 5.41) is 20.9. The average molecular weight is 358 g/mol. The Bertz CT molecular complexity index is 741. The summed E-state index contributed by atoms with van der Waals surface area (Å²) in [5.74, 6) is -0.909. The Labute approximate surface area is 140 Å². The molecule has 0 saturated carbocycles. The summed E-state index contributed by atoms with van der Waals surface area (Å²) >= 11 is 0. The Morgan fingerprint density at radius 1 is 1.52 bits per heavy atom. The molecule has 1 N–H and O–H groups in total. The van der Waals surface area contributed by atoms with Crippen molar-refractivity contribution < 1.29 is 27.6 Å². The lowest BCUT2D eigenvalue weighted by Gasteiger charge is -2.19. The summed E-state index contributed by atoms with van der Waals surface area (Å²) in [6.45, 7) is 1.58. The minimum atomic E-state index is -4.73. The fraction of sp³-hybridized carbons (Fsp3) is 0.286. The van der Waals surface area contributed by atoms with E-state index in [4.69, 9.17) is 5.26 Å². The topological polar surface area (TPSA) is 108 Å². The van der Waals surface area contributed by atoms with Gasteiger partial charge in [-0.2, -0.15) is 18.4 Å². The summed E-state index contributed by atoms with van der Waals surface area (Å²) in [6, 6.07) is 3.55. The highest BCUT2D eigenvalue weighted by atomic mass is 19.4. The molecule has 0 unspecified atom stereocenters. The van der Waals surface area contributed by atoms with E-state index in [1.807, 2.05) is 0 Å². The molecule has 8 nitrogen and oxygen atoms in total. The molecule has 1 rings (SSSR count). The Hall–Kier alpha value is -3.29. The Kier molecular flexibility index (Phi) is 6.32. The number of hydrazine groups is 1. The van der Waals surface area contributed by atoms with E-state index in [0.717, 1.165) is 17.3 Å². The fourth-order valence-electron chi connectivity index (χ4n) is 1.71. The number of nitriles is 1. The SMILES string of the molecule is CCOC(=O)/C(C#N)=C\NN(C)c1ccc(C(F)(F)F)cc1[N+](=O)[O-]. The molecule has 25 heavy (non-hydrogen) atoms. The third-order valence-corrected chi connectivity index (χ3v) is 2.88. The second kappa shape index (κ2) is 8.00. The number of halogens is 3. The molecule has 0 aliphatic carbocycles. The first-order valence-electron chi connectivity index (χ1n) is 6.74. The van der Waals surface area contributed by atoms with Crippen LogP contribution in [0.25, 0.3) is 0 Å². The van der Waals surface area contributed by atoms with Gasteiger partial charge < -0.3 is 10.2 Å². The number of ether oxygens (including phenoxy) is 1. The number of carbonyl (C=O) groups is 1. The van der Waals surface area contributed by atoms with Crippen LogP contribution in [0.4, 0.5) is 24.5 Å². The van der Waals surface area contributed by atoms with E-state index in [9.17, 15) is 28.1 Å². The zero-order valence-electron chi connectivity index (χ0n) is 13.1. The molecular formula is C14H13F3N4O4. The van der Waals surface area contributed by atoms with Crippen molar-refractivity contribution in [2.45, 2.75) is 13.1 Å². The third kappa shape index (κ3) is 5.10. The number of nitro benzene ring substituents is 1. The van der Waals surface area contributed by atoms with Crippen LogP contribution in [0.5, 0.6) is 0 Å². The number of benzene rings is 1. The first-order chi connectivity index (χ1) is 11.6. The molecule has 0 spiro atoms. The standard InChI is InChI=1S/C14H13F3N4O4/c1-3-25-13(22)9(7-18)8-19-20(2)11-5-4-10(14(15,16)17)6-12(11)21(23)24/h4-6,8,19H,3H2,1-2H3/b9-8-. The molecule has 0 amide bonds. The van der Waals surface area contributed by atoms with Crippen LogP contribution in [-0.4, -0.2) is 24.5 Å². The predicted octanol–water partition coefficient (Wildman–Crippen LogP) is 2.52. The molecule has 0 fully saturated rings. The van der Waals surface area contributed by atoms with Crippen molar-refractivity contribution in [2.75, 3.05) is 18.7 Å². The van der Waals surface area contributed by atoms with E-state index < -0.39 is 33.9 Å². The van der Waals surface area contributed by atoms with Crippen LogP contribution in [0.15, 0.2) is 30.0 Å². The Balaban J connectivity index is 3.13. The first-order valence-corrected chi connectivity index (χ1v) is 6.74. The average Bonchev–Trinajstić information content (AvgIpc) is 2.54. The number of hydrogen-bond donors (Lipinski definition) is 1. The highest BCUT2D eigenvalue weighted by Gasteiger charge is 2.33. The molecule has 134 valence electrons. The fourth-order valence-corrected chi connectivity index (χ4v) is 1.71. The number of carbonyl (C=O) groups excluding carboxylic acids is 1. The van der Waals surface area contributed by atoms with Crippen molar-refractivity contribution >= 4 is 17.3 Å². The summed E-state index contributed by atoms with van der Waals surface area (Å²) in [7, 11) is 1.27. The third-order valence-electron chi connectivity index (χ3n) is 2.88. The lowest BCUT2D eigenvalue weighted by atomic mass is 10.1. The van der Waals surface area contributed by atoms with Crippen molar-refractivity contribution in [1.29, 1.82) is 5.26 Å². The van der Waals surface area contributed by atoms with Crippen LogP contribution in [0.2, 0.25) is 0 Å². The molecule has 11 heteroatoms. The number of alkyl halides is 3. The van der Waals surface area contributed by atoms with Crippen LogP contribution in [0.3, 0.4) is 0 Å². The molecule has 0 aromatic heterocycles. The number of rotatable bonds is 6. The van der Waals surface area contributed by atoms with E-state index in [-0.39, 0.29) is 12.3 Å². The van der Waals surface area contributed by atoms with Gasteiger partial charge in [0.25, 0.3) is 5.69 Å². The second-order valence-corrected chi connectivity index (χ2v) is 4.54. The zero-order chi connectivity index (χ0) is 19.2. The largest absolute Gasteiger partial charge is 0.462 e. The van der Waals surface area contributed by atoms with Gasteiger partial charge in [-0.25, -0.2) is 4.79 Å². The number of anilines is 1. The molecular weight excluding hydrogens is 345 g/mol. The molecule has 0 aliphatic rings. The normalized spacial score (nSPS) is 11.4. The minimum absolute atomic E-state index is 0.0398. The van der Waals surface area contributed by atoms with E-state index in [0.29, 0.717) is 12.1 Å². The molecule has 0 aliphatic heterocycles. The number of nitrogens with zero attached hydrogens (tertiary/aromatic N) is 3. The highest BCUT2D eigenvalue weighted by Crippen LogP contribution is 2.35. The number of nitro groups is 1. The first kappa shape index (κ1) is 19.8. The van der Waals surface area contributed by atoms with Gasteiger partial charge in [0.1, 0.15) is 11.8 Å².